The minimum Gasteiger partial charge on any atom is -0.346 e. The number of aromatic nitrogens is 2. The van der Waals surface area contributed by atoms with Gasteiger partial charge in [0.2, 0.25) is 0 Å². The molecule has 4 rings (SSSR count). The third-order valence-corrected chi connectivity index (χ3v) is 5.44. The molecule has 4 nitrogen and oxygen atoms in total. The standard InChI is InChI=1S/C22H18FN3OS/c23-19-9-3-1-7-16(19)15-28-20-10-4-2-8-18(20)22(27)24-13-17-14-26-12-6-5-11-21(26)25-17/h1-12,14H,13,15H2,(H,24,27). The molecule has 2 aromatic heterocycles. The van der Waals surface area contributed by atoms with Crippen LogP contribution >= 0.6 is 11.8 Å². The number of hydrogen-bond donors (Lipinski definition) is 1. The van der Waals surface area contributed by atoms with Gasteiger partial charge in [0, 0.05) is 23.0 Å². The molecule has 140 valence electrons. The molecular formula is C22H18FN3OS. The van der Waals surface area contributed by atoms with Crippen LogP contribution in [0.25, 0.3) is 5.65 Å². The Labute approximate surface area is 166 Å². The topological polar surface area (TPSA) is 46.4 Å². The number of halogens is 1. The fraction of sp³-hybridized carbons (Fsp3) is 0.0909. The lowest BCUT2D eigenvalue weighted by molar-refractivity contribution is 0.0947. The summed E-state index contributed by atoms with van der Waals surface area (Å²) in [5.41, 5.74) is 2.82. The Hall–Kier alpha value is -3.12. The number of nitrogens with zero attached hydrogens (tertiary/aromatic N) is 2. The number of carbonyl (C=O) groups is 1. The lowest BCUT2D eigenvalue weighted by Gasteiger charge is -2.10. The molecule has 2 aromatic carbocycles. The molecule has 0 aliphatic rings. The summed E-state index contributed by atoms with van der Waals surface area (Å²) in [7, 11) is 0. The molecule has 0 atom stereocenters. The number of fused-ring (bicyclic) bond motifs is 1. The normalized spacial score (nSPS) is 10.9. The van der Waals surface area contributed by atoms with E-state index in [-0.39, 0.29) is 11.7 Å². The van der Waals surface area contributed by atoms with Crippen LogP contribution < -0.4 is 5.32 Å². The van der Waals surface area contributed by atoms with Crippen molar-refractivity contribution in [2.75, 3.05) is 0 Å². The van der Waals surface area contributed by atoms with Gasteiger partial charge in [-0.15, -0.1) is 11.8 Å². The first-order valence-electron chi connectivity index (χ1n) is 8.87. The number of amides is 1. The predicted octanol–water partition coefficient (Wildman–Crippen LogP) is 4.70. The van der Waals surface area contributed by atoms with Gasteiger partial charge in [-0.1, -0.05) is 36.4 Å². The van der Waals surface area contributed by atoms with Crippen LogP contribution in [0.3, 0.4) is 0 Å². The van der Waals surface area contributed by atoms with Gasteiger partial charge in [0.05, 0.1) is 17.8 Å². The van der Waals surface area contributed by atoms with Crippen LogP contribution in [0.1, 0.15) is 21.6 Å². The zero-order chi connectivity index (χ0) is 19.3. The van der Waals surface area contributed by atoms with Crippen molar-refractivity contribution in [3.05, 3.63) is 102 Å². The summed E-state index contributed by atoms with van der Waals surface area (Å²) < 4.78 is 15.8. The number of rotatable bonds is 6. The van der Waals surface area contributed by atoms with E-state index < -0.39 is 0 Å². The maximum atomic E-state index is 13.8. The molecule has 2 heterocycles. The predicted molar refractivity (Wildman–Crippen MR) is 109 cm³/mol. The van der Waals surface area contributed by atoms with Gasteiger partial charge in [0.1, 0.15) is 11.5 Å². The van der Waals surface area contributed by atoms with E-state index >= 15 is 0 Å². The Kier molecular flexibility index (Phi) is 5.39. The first kappa shape index (κ1) is 18.3. The fourth-order valence-corrected chi connectivity index (χ4v) is 3.93. The molecule has 0 saturated heterocycles. The Balaban J connectivity index is 1.44. The van der Waals surface area contributed by atoms with Crippen LogP contribution in [0.2, 0.25) is 0 Å². The zero-order valence-corrected chi connectivity index (χ0v) is 15.8. The van der Waals surface area contributed by atoms with Crippen molar-refractivity contribution in [1.29, 1.82) is 0 Å². The highest BCUT2D eigenvalue weighted by molar-refractivity contribution is 7.98. The van der Waals surface area contributed by atoms with E-state index in [1.165, 1.54) is 17.8 Å². The second-order valence-corrected chi connectivity index (χ2v) is 7.27. The van der Waals surface area contributed by atoms with Crippen molar-refractivity contribution in [2.24, 2.45) is 0 Å². The molecule has 6 heteroatoms. The van der Waals surface area contributed by atoms with E-state index in [4.69, 9.17) is 0 Å². The van der Waals surface area contributed by atoms with Crippen molar-refractivity contribution in [2.45, 2.75) is 17.2 Å². The summed E-state index contributed by atoms with van der Waals surface area (Å²) in [6.07, 6.45) is 3.82. The van der Waals surface area contributed by atoms with Gasteiger partial charge >= 0.3 is 0 Å². The molecule has 0 bridgehead atoms. The van der Waals surface area contributed by atoms with Gasteiger partial charge in [-0.3, -0.25) is 4.79 Å². The minimum absolute atomic E-state index is 0.173. The molecule has 0 aliphatic carbocycles. The van der Waals surface area contributed by atoms with Crippen molar-refractivity contribution < 1.29 is 9.18 Å². The summed E-state index contributed by atoms with van der Waals surface area (Å²) >= 11 is 1.45. The highest BCUT2D eigenvalue weighted by atomic mass is 32.2. The van der Waals surface area contributed by atoms with Crippen LogP contribution in [0.15, 0.2) is 84.0 Å². The average Bonchev–Trinajstić information content (AvgIpc) is 3.15. The van der Waals surface area contributed by atoms with E-state index in [0.29, 0.717) is 23.4 Å². The number of thioether (sulfide) groups is 1. The van der Waals surface area contributed by atoms with E-state index in [0.717, 1.165) is 16.2 Å². The lowest BCUT2D eigenvalue weighted by atomic mass is 10.2. The van der Waals surface area contributed by atoms with Crippen LogP contribution in [-0.4, -0.2) is 15.3 Å². The van der Waals surface area contributed by atoms with Gasteiger partial charge in [-0.25, -0.2) is 9.37 Å². The monoisotopic (exact) mass is 391 g/mol. The van der Waals surface area contributed by atoms with Gasteiger partial charge in [0.15, 0.2) is 0 Å². The second-order valence-electron chi connectivity index (χ2n) is 6.26. The van der Waals surface area contributed by atoms with Crippen molar-refractivity contribution in [3.63, 3.8) is 0 Å². The maximum absolute atomic E-state index is 13.8. The number of hydrogen-bond acceptors (Lipinski definition) is 3. The second kappa shape index (κ2) is 8.27. The zero-order valence-electron chi connectivity index (χ0n) is 15.0. The molecule has 0 saturated carbocycles. The summed E-state index contributed by atoms with van der Waals surface area (Å²) in [4.78, 5) is 18.0. The Morgan fingerprint density at radius 3 is 2.68 bits per heavy atom. The van der Waals surface area contributed by atoms with Gasteiger partial charge < -0.3 is 9.72 Å². The maximum Gasteiger partial charge on any atom is 0.252 e. The average molecular weight is 391 g/mol. The number of carbonyl (C=O) groups excluding carboxylic acids is 1. The summed E-state index contributed by atoms with van der Waals surface area (Å²) in [6.45, 7) is 0.340. The summed E-state index contributed by atoms with van der Waals surface area (Å²) in [6, 6.07) is 19.8. The fourth-order valence-electron chi connectivity index (χ4n) is 2.89. The van der Waals surface area contributed by atoms with Gasteiger partial charge in [-0.2, -0.15) is 0 Å². The molecule has 1 N–H and O–H groups in total. The van der Waals surface area contributed by atoms with Crippen LogP contribution in [0, 0.1) is 5.82 Å². The molecular weight excluding hydrogens is 373 g/mol. The largest absolute Gasteiger partial charge is 0.346 e. The highest BCUT2D eigenvalue weighted by Gasteiger charge is 2.13. The van der Waals surface area contributed by atoms with Crippen LogP contribution in [-0.2, 0) is 12.3 Å². The molecule has 0 unspecified atom stereocenters. The third-order valence-electron chi connectivity index (χ3n) is 4.32. The first-order chi connectivity index (χ1) is 13.7. The lowest BCUT2D eigenvalue weighted by Crippen LogP contribution is -2.23. The van der Waals surface area contributed by atoms with E-state index in [1.54, 1.807) is 18.2 Å². The van der Waals surface area contributed by atoms with Crippen molar-refractivity contribution in [1.82, 2.24) is 14.7 Å². The Morgan fingerprint density at radius 2 is 1.82 bits per heavy atom. The number of nitrogens with one attached hydrogen (secondary N) is 1. The SMILES string of the molecule is O=C(NCc1cn2ccccc2n1)c1ccccc1SCc1ccccc1F. The number of benzene rings is 2. The number of imidazole rings is 1. The van der Waals surface area contributed by atoms with E-state index in [1.807, 2.05) is 59.3 Å². The van der Waals surface area contributed by atoms with E-state index in [2.05, 4.69) is 10.3 Å². The van der Waals surface area contributed by atoms with Crippen LogP contribution in [0.4, 0.5) is 4.39 Å². The Bertz CT molecular complexity index is 1090. The third kappa shape index (κ3) is 4.07. The molecule has 0 fully saturated rings. The minimum atomic E-state index is -0.233. The molecule has 0 radical (unpaired) electrons. The molecule has 0 aliphatic heterocycles. The van der Waals surface area contributed by atoms with Crippen molar-refractivity contribution in [3.8, 4) is 0 Å². The molecule has 0 spiro atoms. The van der Waals surface area contributed by atoms with Crippen LogP contribution in [0.5, 0.6) is 0 Å². The molecule has 1 amide bonds. The quantitative estimate of drug-likeness (QED) is 0.485. The van der Waals surface area contributed by atoms with Gasteiger partial charge in [-0.05, 0) is 35.9 Å². The summed E-state index contributed by atoms with van der Waals surface area (Å²) in [5.74, 6) is 0.0566. The smallest absolute Gasteiger partial charge is 0.252 e. The first-order valence-corrected chi connectivity index (χ1v) is 9.85. The highest BCUT2D eigenvalue weighted by Crippen LogP contribution is 2.27. The summed E-state index contributed by atoms with van der Waals surface area (Å²) in [5, 5.41) is 2.92. The Morgan fingerprint density at radius 1 is 1.04 bits per heavy atom. The number of pyridine rings is 1. The molecule has 4 aromatic rings. The van der Waals surface area contributed by atoms with Crippen molar-refractivity contribution >= 4 is 23.3 Å². The van der Waals surface area contributed by atoms with Gasteiger partial charge in [0.25, 0.3) is 5.91 Å². The molecule has 28 heavy (non-hydrogen) atoms. The van der Waals surface area contributed by atoms with E-state index in [9.17, 15) is 9.18 Å².